The molecule has 0 aromatic carbocycles. The molecule has 0 unspecified atom stereocenters. The zero-order valence-corrected chi connectivity index (χ0v) is 12.2. The van der Waals surface area contributed by atoms with E-state index in [0.29, 0.717) is 50.6 Å². The highest BCUT2D eigenvalue weighted by Gasteiger charge is 2.06. The third kappa shape index (κ3) is 7.05. The SMILES string of the molecule is COCCNC(=O)CCNc1nnc(CNC(C)C)o1. The second-order valence-electron chi connectivity index (χ2n) is 4.56. The third-order valence-corrected chi connectivity index (χ3v) is 2.39. The van der Waals surface area contributed by atoms with Gasteiger partial charge in [0.15, 0.2) is 0 Å². The monoisotopic (exact) mass is 285 g/mol. The normalized spacial score (nSPS) is 10.8. The van der Waals surface area contributed by atoms with Gasteiger partial charge in [0.1, 0.15) is 0 Å². The van der Waals surface area contributed by atoms with Gasteiger partial charge in [0.2, 0.25) is 11.8 Å². The van der Waals surface area contributed by atoms with E-state index in [2.05, 4.69) is 26.1 Å². The average molecular weight is 285 g/mol. The van der Waals surface area contributed by atoms with Crippen LogP contribution in [0.3, 0.4) is 0 Å². The minimum atomic E-state index is -0.0456. The number of rotatable bonds is 10. The number of ether oxygens (including phenoxy) is 1. The fourth-order valence-corrected chi connectivity index (χ4v) is 1.35. The zero-order valence-electron chi connectivity index (χ0n) is 12.2. The predicted octanol–water partition coefficient (Wildman–Crippen LogP) is 0.132. The fraction of sp³-hybridized carbons (Fsp3) is 0.750. The van der Waals surface area contributed by atoms with Crippen LogP contribution in [0.4, 0.5) is 6.01 Å². The van der Waals surface area contributed by atoms with Crippen LogP contribution in [0.1, 0.15) is 26.2 Å². The molecule has 0 radical (unpaired) electrons. The minimum absolute atomic E-state index is 0.0456. The summed E-state index contributed by atoms with van der Waals surface area (Å²) in [5.74, 6) is 0.474. The maximum atomic E-state index is 11.4. The third-order valence-electron chi connectivity index (χ3n) is 2.39. The van der Waals surface area contributed by atoms with Gasteiger partial charge in [-0.25, -0.2) is 0 Å². The van der Waals surface area contributed by atoms with E-state index in [1.807, 2.05) is 13.8 Å². The molecule has 0 atom stereocenters. The first kappa shape index (κ1) is 16.4. The Morgan fingerprint density at radius 1 is 1.35 bits per heavy atom. The van der Waals surface area contributed by atoms with E-state index < -0.39 is 0 Å². The standard InChI is InChI=1S/C12H23N5O3/c1-9(2)15-8-11-16-17-12(20-11)14-5-4-10(18)13-6-7-19-3/h9,15H,4-8H2,1-3H3,(H,13,18)(H,14,17). The Morgan fingerprint density at radius 3 is 2.85 bits per heavy atom. The molecule has 0 bridgehead atoms. The topological polar surface area (TPSA) is 101 Å². The Balaban J connectivity index is 2.17. The van der Waals surface area contributed by atoms with Crippen molar-refractivity contribution in [2.75, 3.05) is 32.1 Å². The molecule has 1 aromatic rings. The maximum absolute atomic E-state index is 11.4. The summed E-state index contributed by atoms with van der Waals surface area (Å²) in [5, 5.41) is 16.6. The number of carbonyl (C=O) groups is 1. The number of nitrogens with one attached hydrogen (secondary N) is 3. The summed E-state index contributed by atoms with van der Waals surface area (Å²) < 4.78 is 10.2. The van der Waals surface area contributed by atoms with Gasteiger partial charge in [-0.3, -0.25) is 4.79 Å². The number of hydrogen-bond donors (Lipinski definition) is 3. The zero-order chi connectivity index (χ0) is 14.8. The highest BCUT2D eigenvalue weighted by atomic mass is 16.5. The van der Waals surface area contributed by atoms with Crippen LogP contribution in [-0.4, -0.2) is 49.0 Å². The van der Waals surface area contributed by atoms with Crippen molar-refractivity contribution in [3.05, 3.63) is 5.89 Å². The van der Waals surface area contributed by atoms with Gasteiger partial charge in [0, 0.05) is 32.7 Å². The molecular formula is C12H23N5O3. The molecule has 1 amide bonds. The van der Waals surface area contributed by atoms with Crippen LogP contribution in [0.2, 0.25) is 0 Å². The molecule has 0 aliphatic rings. The molecule has 1 rings (SSSR count). The van der Waals surface area contributed by atoms with Gasteiger partial charge in [0.25, 0.3) is 0 Å². The molecule has 1 aromatic heterocycles. The molecule has 1 heterocycles. The number of anilines is 1. The summed E-state index contributed by atoms with van der Waals surface area (Å²) in [7, 11) is 1.59. The van der Waals surface area contributed by atoms with Crippen molar-refractivity contribution in [3.8, 4) is 0 Å². The second-order valence-corrected chi connectivity index (χ2v) is 4.56. The summed E-state index contributed by atoms with van der Waals surface area (Å²) in [6.07, 6.45) is 0.339. The lowest BCUT2D eigenvalue weighted by Gasteiger charge is -2.04. The first-order valence-corrected chi connectivity index (χ1v) is 6.67. The van der Waals surface area contributed by atoms with E-state index in [-0.39, 0.29) is 5.91 Å². The van der Waals surface area contributed by atoms with Crippen molar-refractivity contribution in [1.82, 2.24) is 20.8 Å². The van der Waals surface area contributed by atoms with Crippen molar-refractivity contribution in [3.63, 3.8) is 0 Å². The van der Waals surface area contributed by atoms with Crippen LogP contribution in [0.25, 0.3) is 0 Å². The highest BCUT2D eigenvalue weighted by molar-refractivity contribution is 5.76. The van der Waals surface area contributed by atoms with Gasteiger partial charge in [-0.05, 0) is 0 Å². The summed E-state index contributed by atoms with van der Waals surface area (Å²) in [6.45, 7) is 6.08. The molecule has 20 heavy (non-hydrogen) atoms. The first-order valence-electron chi connectivity index (χ1n) is 6.67. The Hall–Kier alpha value is -1.67. The molecule has 0 aliphatic carbocycles. The Kier molecular flexibility index (Phi) is 7.59. The summed E-state index contributed by atoms with van der Waals surface area (Å²) in [6, 6.07) is 0.685. The lowest BCUT2D eigenvalue weighted by atomic mass is 10.4. The summed E-state index contributed by atoms with van der Waals surface area (Å²) in [4.78, 5) is 11.4. The predicted molar refractivity (Wildman–Crippen MR) is 74.3 cm³/mol. The summed E-state index contributed by atoms with van der Waals surface area (Å²) >= 11 is 0. The Labute approximate surface area is 118 Å². The van der Waals surface area contributed by atoms with E-state index in [4.69, 9.17) is 9.15 Å². The van der Waals surface area contributed by atoms with Crippen LogP contribution in [0.5, 0.6) is 0 Å². The van der Waals surface area contributed by atoms with Crippen LogP contribution in [0, 0.1) is 0 Å². The molecule has 0 spiro atoms. The van der Waals surface area contributed by atoms with E-state index in [0.717, 1.165) is 0 Å². The summed E-state index contributed by atoms with van der Waals surface area (Å²) in [5.41, 5.74) is 0. The van der Waals surface area contributed by atoms with Crippen LogP contribution in [-0.2, 0) is 16.1 Å². The molecule has 114 valence electrons. The molecule has 0 saturated heterocycles. The van der Waals surface area contributed by atoms with Crippen molar-refractivity contribution in [2.24, 2.45) is 0 Å². The first-order chi connectivity index (χ1) is 9.61. The number of hydrogen-bond acceptors (Lipinski definition) is 7. The lowest BCUT2D eigenvalue weighted by Crippen LogP contribution is -2.28. The Bertz CT molecular complexity index is 394. The maximum Gasteiger partial charge on any atom is 0.315 e. The van der Waals surface area contributed by atoms with E-state index in [1.54, 1.807) is 7.11 Å². The van der Waals surface area contributed by atoms with Gasteiger partial charge >= 0.3 is 6.01 Å². The number of aromatic nitrogens is 2. The van der Waals surface area contributed by atoms with Crippen LogP contribution >= 0.6 is 0 Å². The van der Waals surface area contributed by atoms with Crippen molar-refractivity contribution in [2.45, 2.75) is 32.9 Å². The van der Waals surface area contributed by atoms with Gasteiger partial charge in [0.05, 0.1) is 13.2 Å². The molecule has 3 N–H and O–H groups in total. The molecule has 0 saturated carbocycles. The smallest absolute Gasteiger partial charge is 0.315 e. The number of carbonyl (C=O) groups excluding carboxylic acids is 1. The van der Waals surface area contributed by atoms with Crippen molar-refractivity contribution in [1.29, 1.82) is 0 Å². The largest absolute Gasteiger partial charge is 0.407 e. The van der Waals surface area contributed by atoms with Crippen molar-refractivity contribution >= 4 is 11.9 Å². The van der Waals surface area contributed by atoms with Crippen LogP contribution in [0.15, 0.2) is 4.42 Å². The van der Waals surface area contributed by atoms with Crippen molar-refractivity contribution < 1.29 is 13.9 Å². The quantitative estimate of drug-likeness (QED) is 0.525. The minimum Gasteiger partial charge on any atom is -0.407 e. The molecule has 8 nitrogen and oxygen atoms in total. The number of nitrogens with zero attached hydrogens (tertiary/aromatic N) is 2. The van der Waals surface area contributed by atoms with E-state index in [9.17, 15) is 4.79 Å². The molecule has 8 heteroatoms. The van der Waals surface area contributed by atoms with E-state index >= 15 is 0 Å². The number of methoxy groups -OCH3 is 1. The van der Waals surface area contributed by atoms with E-state index in [1.165, 1.54) is 0 Å². The Morgan fingerprint density at radius 2 is 2.15 bits per heavy atom. The van der Waals surface area contributed by atoms with Gasteiger partial charge in [-0.15, -0.1) is 5.10 Å². The highest BCUT2D eigenvalue weighted by Crippen LogP contribution is 2.05. The van der Waals surface area contributed by atoms with Gasteiger partial charge in [-0.2, -0.15) is 0 Å². The lowest BCUT2D eigenvalue weighted by molar-refractivity contribution is -0.121. The van der Waals surface area contributed by atoms with Crippen LogP contribution < -0.4 is 16.0 Å². The fourth-order valence-electron chi connectivity index (χ4n) is 1.35. The molecule has 0 aliphatic heterocycles. The molecule has 0 fully saturated rings. The number of amides is 1. The molecular weight excluding hydrogens is 262 g/mol. The van der Waals surface area contributed by atoms with Gasteiger partial charge in [-0.1, -0.05) is 18.9 Å². The second kappa shape index (κ2) is 9.27. The van der Waals surface area contributed by atoms with Gasteiger partial charge < -0.3 is 25.1 Å². The average Bonchev–Trinajstić information content (AvgIpc) is 2.85.